The summed E-state index contributed by atoms with van der Waals surface area (Å²) in [5, 5.41) is 4.42. The van der Waals surface area contributed by atoms with Crippen LogP contribution in [0.15, 0.2) is 40.1 Å². The van der Waals surface area contributed by atoms with Gasteiger partial charge in [0.15, 0.2) is 5.76 Å². The van der Waals surface area contributed by atoms with Gasteiger partial charge in [-0.25, -0.2) is 9.37 Å². The molecule has 0 spiro atoms. The molecule has 0 aliphatic carbocycles. The average molecular weight is 328 g/mol. The highest BCUT2D eigenvalue weighted by Gasteiger charge is 2.10. The smallest absolute Gasteiger partial charge is 0.256 e. The van der Waals surface area contributed by atoms with E-state index in [2.05, 4.69) is 14.6 Å². The minimum atomic E-state index is -0.284. The third-order valence-corrected chi connectivity index (χ3v) is 4.29. The van der Waals surface area contributed by atoms with Gasteiger partial charge in [0.05, 0.1) is 6.20 Å². The molecule has 8 heteroatoms. The summed E-state index contributed by atoms with van der Waals surface area (Å²) in [6, 6.07) is 6.05. The summed E-state index contributed by atoms with van der Waals surface area (Å²) in [4.78, 5) is 4.16. The standard InChI is InChI=1S/C12H7ClFN3OS2/c13-11-9(16-17-20-11)6-19-12-15-5-10(18-12)7-1-3-8(14)4-2-7/h1-5H,6H2. The summed E-state index contributed by atoms with van der Waals surface area (Å²) in [6.07, 6.45) is 1.61. The Morgan fingerprint density at radius 2 is 2.10 bits per heavy atom. The van der Waals surface area contributed by atoms with E-state index >= 15 is 0 Å². The van der Waals surface area contributed by atoms with Gasteiger partial charge in [0.1, 0.15) is 15.8 Å². The van der Waals surface area contributed by atoms with Crippen molar-refractivity contribution in [2.75, 3.05) is 0 Å². The molecule has 102 valence electrons. The SMILES string of the molecule is Fc1ccc(-c2cnc(SCc3nnsc3Cl)o2)cc1. The van der Waals surface area contributed by atoms with Crippen molar-refractivity contribution in [3.8, 4) is 11.3 Å². The van der Waals surface area contributed by atoms with Gasteiger partial charge >= 0.3 is 0 Å². The van der Waals surface area contributed by atoms with E-state index in [1.807, 2.05) is 0 Å². The Hall–Kier alpha value is -1.44. The number of hydrogen-bond donors (Lipinski definition) is 0. The van der Waals surface area contributed by atoms with Crippen LogP contribution in [0.3, 0.4) is 0 Å². The zero-order chi connectivity index (χ0) is 13.9. The van der Waals surface area contributed by atoms with E-state index < -0.39 is 0 Å². The molecule has 0 aliphatic heterocycles. The van der Waals surface area contributed by atoms with Crippen LogP contribution in [0, 0.1) is 5.82 Å². The van der Waals surface area contributed by atoms with Crippen LogP contribution in [0.1, 0.15) is 5.69 Å². The van der Waals surface area contributed by atoms with Crippen LogP contribution in [-0.2, 0) is 5.75 Å². The molecule has 0 N–H and O–H groups in total. The Labute approximate surface area is 127 Å². The van der Waals surface area contributed by atoms with E-state index in [0.29, 0.717) is 26.8 Å². The van der Waals surface area contributed by atoms with Crippen molar-refractivity contribution < 1.29 is 8.81 Å². The van der Waals surface area contributed by atoms with Crippen LogP contribution in [0.5, 0.6) is 0 Å². The fraction of sp³-hybridized carbons (Fsp3) is 0.0833. The fourth-order valence-corrected chi connectivity index (χ4v) is 3.02. The van der Waals surface area contributed by atoms with Gasteiger partial charge < -0.3 is 4.42 Å². The Morgan fingerprint density at radius 3 is 2.80 bits per heavy atom. The fourth-order valence-electron chi connectivity index (χ4n) is 1.49. The van der Waals surface area contributed by atoms with Crippen LogP contribution in [0.2, 0.25) is 4.34 Å². The minimum Gasteiger partial charge on any atom is -0.431 e. The highest BCUT2D eigenvalue weighted by atomic mass is 35.5. The lowest BCUT2D eigenvalue weighted by Gasteiger charge is -1.96. The molecule has 3 aromatic rings. The molecule has 1 aromatic carbocycles. The molecule has 2 aromatic heterocycles. The molecule has 0 aliphatic rings. The molecule has 2 heterocycles. The number of nitrogens with zero attached hydrogens (tertiary/aromatic N) is 3. The number of hydrogen-bond acceptors (Lipinski definition) is 6. The first-order valence-corrected chi connectivity index (χ1v) is 7.67. The van der Waals surface area contributed by atoms with Crippen molar-refractivity contribution in [1.82, 2.24) is 14.6 Å². The summed E-state index contributed by atoms with van der Waals surface area (Å²) < 4.78 is 22.8. The molecule has 0 fully saturated rings. The van der Waals surface area contributed by atoms with Crippen LogP contribution in [0.25, 0.3) is 11.3 Å². The Kier molecular flexibility index (Phi) is 4.00. The maximum atomic E-state index is 12.8. The van der Waals surface area contributed by atoms with E-state index in [1.165, 1.54) is 23.9 Å². The van der Waals surface area contributed by atoms with Gasteiger partial charge in [0.25, 0.3) is 5.22 Å². The summed E-state index contributed by atoms with van der Waals surface area (Å²) >= 11 is 8.44. The lowest BCUT2D eigenvalue weighted by atomic mass is 10.2. The molecule has 3 rings (SSSR count). The van der Waals surface area contributed by atoms with E-state index in [9.17, 15) is 4.39 Å². The first-order chi connectivity index (χ1) is 9.72. The zero-order valence-electron chi connectivity index (χ0n) is 9.92. The van der Waals surface area contributed by atoms with Gasteiger partial charge in [-0.2, -0.15) is 0 Å². The van der Waals surface area contributed by atoms with Gasteiger partial charge in [-0.05, 0) is 24.3 Å². The topological polar surface area (TPSA) is 51.8 Å². The number of thioether (sulfide) groups is 1. The largest absolute Gasteiger partial charge is 0.431 e. The van der Waals surface area contributed by atoms with Gasteiger partial charge in [-0.1, -0.05) is 27.9 Å². The molecule has 0 saturated carbocycles. The lowest BCUT2D eigenvalue weighted by molar-refractivity contribution is 0.466. The summed E-state index contributed by atoms with van der Waals surface area (Å²) in [7, 11) is 0. The molecule has 0 radical (unpaired) electrons. The first-order valence-electron chi connectivity index (χ1n) is 5.53. The summed E-state index contributed by atoms with van der Waals surface area (Å²) in [5.41, 5.74) is 1.49. The van der Waals surface area contributed by atoms with Crippen molar-refractivity contribution in [2.45, 2.75) is 11.0 Å². The number of rotatable bonds is 4. The van der Waals surface area contributed by atoms with Crippen molar-refractivity contribution in [1.29, 1.82) is 0 Å². The predicted molar refractivity (Wildman–Crippen MR) is 76.4 cm³/mol. The van der Waals surface area contributed by atoms with Crippen LogP contribution < -0.4 is 0 Å². The van der Waals surface area contributed by atoms with Crippen molar-refractivity contribution in [2.24, 2.45) is 0 Å². The molecular weight excluding hydrogens is 321 g/mol. The summed E-state index contributed by atoms with van der Waals surface area (Å²) in [5.74, 6) is 0.849. The molecule has 0 bridgehead atoms. The third-order valence-electron chi connectivity index (χ3n) is 2.45. The predicted octanol–water partition coefficient (Wildman–Crippen LogP) is 4.28. The number of oxazole rings is 1. The number of benzene rings is 1. The maximum Gasteiger partial charge on any atom is 0.256 e. The van der Waals surface area contributed by atoms with Gasteiger partial charge in [-0.15, -0.1) is 5.10 Å². The Bertz CT molecular complexity index is 714. The first kappa shape index (κ1) is 13.5. The van der Waals surface area contributed by atoms with Gasteiger partial charge in [0.2, 0.25) is 0 Å². The molecule has 0 atom stereocenters. The third kappa shape index (κ3) is 3.00. The van der Waals surface area contributed by atoms with E-state index in [1.54, 1.807) is 18.3 Å². The van der Waals surface area contributed by atoms with Gasteiger partial charge in [0, 0.05) is 22.8 Å². The van der Waals surface area contributed by atoms with E-state index in [4.69, 9.17) is 16.0 Å². The number of halogens is 2. The molecule has 4 nitrogen and oxygen atoms in total. The van der Waals surface area contributed by atoms with E-state index in [0.717, 1.165) is 17.1 Å². The molecule has 20 heavy (non-hydrogen) atoms. The molecular formula is C12H7ClFN3OS2. The Morgan fingerprint density at radius 1 is 1.30 bits per heavy atom. The maximum absolute atomic E-state index is 12.8. The zero-order valence-corrected chi connectivity index (χ0v) is 12.3. The monoisotopic (exact) mass is 327 g/mol. The van der Waals surface area contributed by atoms with Crippen molar-refractivity contribution in [3.05, 3.63) is 46.3 Å². The van der Waals surface area contributed by atoms with Crippen molar-refractivity contribution >= 4 is 34.9 Å². The van der Waals surface area contributed by atoms with Crippen LogP contribution in [-0.4, -0.2) is 14.6 Å². The van der Waals surface area contributed by atoms with Crippen LogP contribution in [0.4, 0.5) is 4.39 Å². The Balaban J connectivity index is 1.71. The molecule has 0 amide bonds. The van der Waals surface area contributed by atoms with Gasteiger partial charge in [-0.3, -0.25) is 0 Å². The molecule has 0 saturated heterocycles. The van der Waals surface area contributed by atoms with Crippen molar-refractivity contribution in [3.63, 3.8) is 0 Å². The minimum absolute atomic E-state index is 0.284. The lowest BCUT2D eigenvalue weighted by Crippen LogP contribution is -1.81. The second-order valence-electron chi connectivity index (χ2n) is 3.78. The molecule has 0 unspecified atom stereocenters. The number of aromatic nitrogens is 3. The second kappa shape index (κ2) is 5.90. The van der Waals surface area contributed by atoms with Crippen LogP contribution >= 0.6 is 34.9 Å². The second-order valence-corrected chi connectivity index (χ2v) is 6.06. The highest BCUT2D eigenvalue weighted by Crippen LogP contribution is 2.29. The quantitative estimate of drug-likeness (QED) is 0.669. The highest BCUT2D eigenvalue weighted by molar-refractivity contribution is 7.98. The summed E-state index contributed by atoms with van der Waals surface area (Å²) in [6.45, 7) is 0. The van der Waals surface area contributed by atoms with E-state index in [-0.39, 0.29) is 5.82 Å². The average Bonchev–Trinajstić information content (AvgIpc) is 3.06. The normalized spacial score (nSPS) is 10.9.